The van der Waals surface area contributed by atoms with E-state index in [1.165, 1.54) is 0 Å². The molecule has 0 aromatic heterocycles. The van der Waals surface area contributed by atoms with E-state index in [1.54, 1.807) is 31.4 Å². The molecule has 1 saturated carbocycles. The van der Waals surface area contributed by atoms with Crippen molar-refractivity contribution in [2.75, 3.05) is 13.7 Å². The molecule has 0 saturated heterocycles. The maximum Gasteiger partial charge on any atom is 0.321 e. The summed E-state index contributed by atoms with van der Waals surface area (Å²) >= 11 is 0. The number of amides is 3. The van der Waals surface area contributed by atoms with Crippen LogP contribution in [0.3, 0.4) is 0 Å². The summed E-state index contributed by atoms with van der Waals surface area (Å²) in [6.45, 7) is -0.479. The van der Waals surface area contributed by atoms with Crippen molar-refractivity contribution in [1.82, 2.24) is 10.6 Å². The fourth-order valence-corrected chi connectivity index (χ4v) is 1.72. The maximum atomic E-state index is 11.6. The van der Waals surface area contributed by atoms with Gasteiger partial charge in [-0.1, -0.05) is 12.1 Å². The molecule has 0 bridgehead atoms. The van der Waals surface area contributed by atoms with Gasteiger partial charge in [0.05, 0.1) is 13.5 Å². The fourth-order valence-electron chi connectivity index (χ4n) is 1.72. The lowest BCUT2D eigenvalue weighted by Crippen LogP contribution is -2.42. The number of benzene rings is 1. The number of ether oxygens (including phenoxy) is 2. The smallest absolute Gasteiger partial charge is 0.321 e. The second-order valence-corrected chi connectivity index (χ2v) is 4.98. The minimum absolute atomic E-state index is 0.0472. The summed E-state index contributed by atoms with van der Waals surface area (Å²) in [5.74, 6) is -0.498. The number of esters is 1. The van der Waals surface area contributed by atoms with Crippen LogP contribution in [0.25, 0.3) is 0 Å². The van der Waals surface area contributed by atoms with Crippen LogP contribution in [0.15, 0.2) is 24.3 Å². The Morgan fingerprint density at radius 1 is 1.18 bits per heavy atom. The Morgan fingerprint density at radius 2 is 1.86 bits per heavy atom. The molecule has 0 unspecified atom stereocenters. The number of methoxy groups -OCH3 is 1. The van der Waals surface area contributed by atoms with Gasteiger partial charge in [-0.15, -0.1) is 0 Å². The molecule has 1 aromatic carbocycles. The van der Waals surface area contributed by atoms with E-state index >= 15 is 0 Å². The second kappa shape index (κ2) is 7.44. The molecule has 0 radical (unpaired) electrons. The molecule has 118 valence electrons. The molecule has 0 atom stereocenters. The number of nitrogens with one attached hydrogen (secondary N) is 2. The molecule has 3 amide bonds. The van der Waals surface area contributed by atoms with Crippen molar-refractivity contribution >= 4 is 17.9 Å². The van der Waals surface area contributed by atoms with E-state index in [4.69, 9.17) is 9.47 Å². The number of carbonyl (C=O) groups is 3. The fraction of sp³-hybridized carbons (Fsp3) is 0.400. The Bertz CT molecular complexity index is 552. The number of hydrogen-bond acceptors (Lipinski definition) is 5. The highest BCUT2D eigenvalue weighted by molar-refractivity contribution is 5.95. The number of urea groups is 1. The van der Waals surface area contributed by atoms with Gasteiger partial charge in [0.1, 0.15) is 5.75 Å². The molecular formula is C15H18N2O5. The van der Waals surface area contributed by atoms with Crippen LogP contribution in [0, 0.1) is 0 Å². The Morgan fingerprint density at radius 3 is 2.45 bits per heavy atom. The average Bonchev–Trinajstić information content (AvgIpc) is 3.29. The van der Waals surface area contributed by atoms with Crippen LogP contribution in [-0.2, 0) is 20.7 Å². The molecule has 2 rings (SSSR count). The predicted molar refractivity (Wildman–Crippen MR) is 77.4 cm³/mol. The lowest BCUT2D eigenvalue weighted by Gasteiger charge is -2.07. The van der Waals surface area contributed by atoms with Gasteiger partial charge in [0, 0.05) is 6.04 Å². The van der Waals surface area contributed by atoms with Crippen molar-refractivity contribution in [3.05, 3.63) is 29.8 Å². The quantitative estimate of drug-likeness (QED) is 0.757. The van der Waals surface area contributed by atoms with Crippen LogP contribution < -0.4 is 15.4 Å². The third kappa shape index (κ3) is 5.43. The Hall–Kier alpha value is -2.57. The molecular weight excluding hydrogens is 288 g/mol. The van der Waals surface area contributed by atoms with Crippen molar-refractivity contribution in [1.29, 1.82) is 0 Å². The van der Waals surface area contributed by atoms with Gasteiger partial charge in [-0.2, -0.15) is 0 Å². The zero-order chi connectivity index (χ0) is 15.9. The summed E-state index contributed by atoms with van der Waals surface area (Å²) in [7, 11) is 1.56. The normalized spacial score (nSPS) is 13.1. The van der Waals surface area contributed by atoms with E-state index in [0.717, 1.165) is 18.4 Å². The van der Waals surface area contributed by atoms with Gasteiger partial charge in [0.25, 0.3) is 5.91 Å². The lowest BCUT2D eigenvalue weighted by molar-refractivity contribution is -0.147. The summed E-state index contributed by atoms with van der Waals surface area (Å²) in [5, 5.41) is 4.70. The Labute approximate surface area is 128 Å². The van der Waals surface area contributed by atoms with Gasteiger partial charge in [-0.25, -0.2) is 4.79 Å². The van der Waals surface area contributed by atoms with Crippen LogP contribution in [0.5, 0.6) is 5.75 Å². The van der Waals surface area contributed by atoms with Gasteiger partial charge in [-0.3, -0.25) is 14.9 Å². The molecule has 1 aliphatic rings. The summed E-state index contributed by atoms with van der Waals surface area (Å²) in [6.07, 6.45) is 1.91. The topological polar surface area (TPSA) is 93.7 Å². The molecule has 22 heavy (non-hydrogen) atoms. The summed E-state index contributed by atoms with van der Waals surface area (Å²) in [5.41, 5.74) is 0.748. The Kier molecular flexibility index (Phi) is 5.35. The highest BCUT2D eigenvalue weighted by Crippen LogP contribution is 2.18. The first-order valence-electron chi connectivity index (χ1n) is 6.95. The standard InChI is InChI=1S/C15H18N2O5/c1-21-12-6-2-10(3-7-12)8-14(19)22-9-13(18)17-15(20)16-11-4-5-11/h2-3,6-7,11H,4-5,8-9H2,1H3,(H2,16,17,18,20). The van der Waals surface area contributed by atoms with Crippen LogP contribution in [0.1, 0.15) is 18.4 Å². The van der Waals surface area contributed by atoms with E-state index in [1.807, 2.05) is 0 Å². The van der Waals surface area contributed by atoms with E-state index in [-0.39, 0.29) is 12.5 Å². The summed E-state index contributed by atoms with van der Waals surface area (Å²) < 4.78 is 9.84. The first-order valence-corrected chi connectivity index (χ1v) is 6.95. The van der Waals surface area contributed by atoms with Crippen molar-refractivity contribution in [2.45, 2.75) is 25.3 Å². The number of rotatable bonds is 6. The SMILES string of the molecule is COc1ccc(CC(=O)OCC(=O)NC(=O)NC2CC2)cc1. The van der Waals surface area contributed by atoms with Crippen LogP contribution in [0.2, 0.25) is 0 Å². The molecule has 1 fully saturated rings. The zero-order valence-corrected chi connectivity index (χ0v) is 12.3. The molecule has 1 aromatic rings. The predicted octanol–water partition coefficient (Wildman–Crippen LogP) is 0.769. The monoisotopic (exact) mass is 306 g/mol. The minimum Gasteiger partial charge on any atom is -0.497 e. The van der Waals surface area contributed by atoms with Crippen LogP contribution >= 0.6 is 0 Å². The second-order valence-electron chi connectivity index (χ2n) is 4.98. The highest BCUT2D eigenvalue weighted by Gasteiger charge is 2.24. The van der Waals surface area contributed by atoms with Gasteiger partial charge in [-0.05, 0) is 30.5 Å². The molecule has 7 heteroatoms. The van der Waals surface area contributed by atoms with Gasteiger partial charge < -0.3 is 14.8 Å². The molecule has 7 nitrogen and oxygen atoms in total. The zero-order valence-electron chi connectivity index (χ0n) is 12.3. The number of hydrogen-bond donors (Lipinski definition) is 2. The first-order chi connectivity index (χ1) is 10.6. The molecule has 0 spiro atoms. The van der Waals surface area contributed by atoms with Gasteiger partial charge in [0.15, 0.2) is 6.61 Å². The highest BCUT2D eigenvalue weighted by atomic mass is 16.5. The van der Waals surface area contributed by atoms with E-state index in [0.29, 0.717) is 5.75 Å². The van der Waals surface area contributed by atoms with Crippen LogP contribution in [0.4, 0.5) is 4.79 Å². The molecule has 2 N–H and O–H groups in total. The van der Waals surface area contributed by atoms with Crippen molar-refractivity contribution in [3.63, 3.8) is 0 Å². The maximum absolute atomic E-state index is 11.6. The largest absolute Gasteiger partial charge is 0.497 e. The first kappa shape index (κ1) is 15.8. The average molecular weight is 306 g/mol. The van der Waals surface area contributed by atoms with Crippen molar-refractivity contribution < 1.29 is 23.9 Å². The third-order valence-electron chi connectivity index (χ3n) is 3.04. The van der Waals surface area contributed by atoms with Gasteiger partial charge >= 0.3 is 12.0 Å². The van der Waals surface area contributed by atoms with E-state index in [9.17, 15) is 14.4 Å². The van der Waals surface area contributed by atoms with Crippen molar-refractivity contribution in [2.24, 2.45) is 0 Å². The van der Waals surface area contributed by atoms with Gasteiger partial charge in [0.2, 0.25) is 0 Å². The van der Waals surface area contributed by atoms with E-state index < -0.39 is 24.5 Å². The van der Waals surface area contributed by atoms with Crippen molar-refractivity contribution in [3.8, 4) is 5.75 Å². The molecule has 0 heterocycles. The molecule has 1 aliphatic carbocycles. The lowest BCUT2D eigenvalue weighted by atomic mass is 10.1. The summed E-state index contributed by atoms with van der Waals surface area (Å²) in [4.78, 5) is 34.3. The molecule has 0 aliphatic heterocycles. The number of imide groups is 1. The van der Waals surface area contributed by atoms with Crippen LogP contribution in [-0.4, -0.2) is 37.7 Å². The Balaban J connectivity index is 1.67. The number of carbonyl (C=O) groups excluding carboxylic acids is 3. The minimum atomic E-state index is -0.652. The third-order valence-corrected chi connectivity index (χ3v) is 3.04. The van der Waals surface area contributed by atoms with E-state index in [2.05, 4.69) is 10.6 Å². The summed E-state index contributed by atoms with van der Waals surface area (Å²) in [6, 6.07) is 6.55.